The average Bonchev–Trinajstić information content (AvgIpc) is 2.53. The summed E-state index contributed by atoms with van der Waals surface area (Å²) in [5, 5.41) is 5.43. The zero-order valence-electron chi connectivity index (χ0n) is 12.6. The zero-order valence-corrected chi connectivity index (χ0v) is 13.5. The summed E-state index contributed by atoms with van der Waals surface area (Å²) in [6.07, 6.45) is 7.24. The van der Waals surface area contributed by atoms with Crippen molar-refractivity contribution in [2.45, 2.75) is 37.0 Å². The number of pyridine rings is 1. The van der Waals surface area contributed by atoms with Gasteiger partial charge in [0.1, 0.15) is 0 Å². The second kappa shape index (κ2) is 6.14. The molecule has 2 unspecified atom stereocenters. The van der Waals surface area contributed by atoms with E-state index in [1.165, 1.54) is 25.7 Å². The van der Waals surface area contributed by atoms with Gasteiger partial charge in [-0.15, -0.1) is 0 Å². The Hall–Kier alpha value is -1.42. The van der Waals surface area contributed by atoms with Gasteiger partial charge in [0.15, 0.2) is 0 Å². The van der Waals surface area contributed by atoms with E-state index in [1.807, 2.05) is 37.0 Å². The zero-order chi connectivity index (χ0) is 14.8. The molecule has 1 heterocycles. The molecule has 2 atom stereocenters. The van der Waals surface area contributed by atoms with Crippen LogP contribution in [0.2, 0.25) is 0 Å². The molecular formula is C17H22N2OS. The van der Waals surface area contributed by atoms with Crippen LogP contribution in [0.5, 0.6) is 0 Å². The molecule has 1 aliphatic rings. The van der Waals surface area contributed by atoms with E-state index in [0.29, 0.717) is 11.3 Å². The Balaban J connectivity index is 2.00. The number of hydrogen-bond donors (Lipinski definition) is 1. The first-order chi connectivity index (χ1) is 10.2. The van der Waals surface area contributed by atoms with Crippen molar-refractivity contribution in [1.82, 2.24) is 4.57 Å². The summed E-state index contributed by atoms with van der Waals surface area (Å²) in [4.78, 5) is 12.2. The molecule has 1 aromatic heterocycles. The van der Waals surface area contributed by atoms with Gasteiger partial charge < -0.3 is 9.88 Å². The van der Waals surface area contributed by atoms with E-state index in [-0.39, 0.29) is 5.56 Å². The van der Waals surface area contributed by atoms with Gasteiger partial charge in [-0.1, -0.05) is 31.0 Å². The minimum absolute atomic E-state index is 0.0488. The fraction of sp³-hybridized carbons (Fsp3) is 0.471. The molecule has 21 heavy (non-hydrogen) atoms. The Morgan fingerprint density at radius 2 is 2.00 bits per heavy atom. The molecule has 1 saturated carbocycles. The monoisotopic (exact) mass is 302 g/mol. The highest BCUT2D eigenvalue weighted by atomic mass is 32.2. The molecule has 1 fully saturated rings. The van der Waals surface area contributed by atoms with Crippen molar-refractivity contribution >= 4 is 28.4 Å². The van der Waals surface area contributed by atoms with Crippen molar-refractivity contribution in [3.05, 3.63) is 40.7 Å². The number of aromatic nitrogens is 1. The first kappa shape index (κ1) is 14.5. The maximum Gasteiger partial charge on any atom is 0.252 e. The Morgan fingerprint density at radius 3 is 2.81 bits per heavy atom. The van der Waals surface area contributed by atoms with Crippen LogP contribution in [-0.4, -0.2) is 22.1 Å². The van der Waals surface area contributed by atoms with Gasteiger partial charge in [-0.05, 0) is 25.2 Å². The number of nitrogens with zero attached hydrogens (tertiary/aromatic N) is 1. The number of aryl methyl sites for hydroxylation is 1. The summed E-state index contributed by atoms with van der Waals surface area (Å²) in [5.41, 5.74) is 2.02. The molecule has 0 saturated heterocycles. The van der Waals surface area contributed by atoms with Crippen LogP contribution in [0.25, 0.3) is 10.9 Å². The Labute approximate surface area is 129 Å². The quantitative estimate of drug-likeness (QED) is 0.940. The van der Waals surface area contributed by atoms with Crippen LogP contribution < -0.4 is 10.9 Å². The van der Waals surface area contributed by atoms with Crippen LogP contribution in [0.15, 0.2) is 35.1 Å². The third kappa shape index (κ3) is 2.82. The average molecular weight is 302 g/mol. The van der Waals surface area contributed by atoms with Crippen molar-refractivity contribution in [2.75, 3.05) is 11.6 Å². The summed E-state index contributed by atoms with van der Waals surface area (Å²) >= 11 is 1.94. The van der Waals surface area contributed by atoms with Gasteiger partial charge in [0, 0.05) is 35.5 Å². The largest absolute Gasteiger partial charge is 0.380 e. The van der Waals surface area contributed by atoms with Gasteiger partial charge in [0.05, 0.1) is 5.52 Å². The molecule has 0 amide bonds. The van der Waals surface area contributed by atoms with E-state index < -0.39 is 0 Å². The van der Waals surface area contributed by atoms with Gasteiger partial charge in [-0.25, -0.2) is 0 Å². The van der Waals surface area contributed by atoms with Gasteiger partial charge in [-0.2, -0.15) is 11.8 Å². The summed E-state index contributed by atoms with van der Waals surface area (Å²) in [6, 6.07) is 10.3. The highest BCUT2D eigenvalue weighted by Gasteiger charge is 2.24. The van der Waals surface area contributed by atoms with E-state index in [0.717, 1.165) is 16.6 Å². The molecule has 0 bridgehead atoms. The molecule has 4 heteroatoms. The third-order valence-corrected chi connectivity index (χ3v) is 5.67. The van der Waals surface area contributed by atoms with Crippen LogP contribution in [0.4, 0.5) is 5.69 Å². The lowest BCUT2D eigenvalue weighted by atomic mass is 9.94. The second-order valence-corrected chi connectivity index (χ2v) is 6.86. The van der Waals surface area contributed by atoms with Crippen LogP contribution >= 0.6 is 11.8 Å². The van der Waals surface area contributed by atoms with Crippen LogP contribution in [0.1, 0.15) is 25.7 Å². The fourth-order valence-electron chi connectivity index (χ4n) is 3.27. The summed E-state index contributed by atoms with van der Waals surface area (Å²) in [7, 11) is 1.83. The maximum atomic E-state index is 12.2. The Bertz CT molecular complexity index is 695. The first-order valence-corrected chi connectivity index (χ1v) is 8.87. The van der Waals surface area contributed by atoms with E-state index >= 15 is 0 Å². The first-order valence-electron chi connectivity index (χ1n) is 7.59. The van der Waals surface area contributed by atoms with Crippen molar-refractivity contribution < 1.29 is 0 Å². The Kier molecular flexibility index (Phi) is 4.24. The van der Waals surface area contributed by atoms with Gasteiger partial charge in [-0.3, -0.25) is 4.79 Å². The number of fused-ring (bicyclic) bond motifs is 1. The summed E-state index contributed by atoms with van der Waals surface area (Å²) < 4.78 is 1.72. The fourth-order valence-corrected chi connectivity index (χ4v) is 4.21. The third-order valence-electron chi connectivity index (χ3n) is 4.50. The lowest BCUT2D eigenvalue weighted by Gasteiger charge is -2.32. The highest BCUT2D eigenvalue weighted by molar-refractivity contribution is 7.99. The molecule has 0 radical (unpaired) electrons. The minimum Gasteiger partial charge on any atom is -0.380 e. The lowest BCUT2D eigenvalue weighted by Crippen LogP contribution is -2.34. The number of nitrogens with one attached hydrogen (secondary N) is 1. The molecule has 1 N–H and O–H groups in total. The van der Waals surface area contributed by atoms with Gasteiger partial charge in [0.2, 0.25) is 0 Å². The smallest absolute Gasteiger partial charge is 0.252 e. The molecule has 112 valence electrons. The molecule has 3 nitrogen and oxygen atoms in total. The standard InChI is InChI=1S/C17H22N2OS/c1-19-15-9-5-3-7-12(15)14(11-17(19)20)18-13-8-4-6-10-16(13)21-2/h3,5,7,9,11,13,16,18H,4,6,8,10H2,1-2H3. The molecule has 1 aliphatic carbocycles. The van der Waals surface area contributed by atoms with Crippen molar-refractivity contribution in [3.8, 4) is 0 Å². The minimum atomic E-state index is 0.0488. The van der Waals surface area contributed by atoms with E-state index in [1.54, 1.807) is 10.6 Å². The predicted octanol–water partition coefficient (Wildman–Crippen LogP) is 3.62. The topological polar surface area (TPSA) is 34.0 Å². The Morgan fingerprint density at radius 1 is 1.24 bits per heavy atom. The number of anilines is 1. The number of para-hydroxylation sites is 1. The van der Waals surface area contributed by atoms with Crippen molar-refractivity contribution in [2.24, 2.45) is 7.05 Å². The lowest BCUT2D eigenvalue weighted by molar-refractivity contribution is 0.475. The molecule has 1 aromatic carbocycles. The van der Waals surface area contributed by atoms with E-state index in [4.69, 9.17) is 0 Å². The van der Waals surface area contributed by atoms with Crippen LogP contribution in [0.3, 0.4) is 0 Å². The van der Waals surface area contributed by atoms with Crippen LogP contribution in [0, 0.1) is 0 Å². The molecular weight excluding hydrogens is 280 g/mol. The normalized spacial score (nSPS) is 22.4. The van der Waals surface area contributed by atoms with Crippen LogP contribution in [-0.2, 0) is 7.05 Å². The second-order valence-electron chi connectivity index (χ2n) is 5.78. The number of benzene rings is 1. The molecule has 0 spiro atoms. The SMILES string of the molecule is CSC1CCCCC1Nc1cc(=O)n(C)c2ccccc12. The van der Waals surface area contributed by atoms with Crippen molar-refractivity contribution in [3.63, 3.8) is 0 Å². The molecule has 3 rings (SSSR count). The summed E-state index contributed by atoms with van der Waals surface area (Å²) in [5.74, 6) is 0. The summed E-state index contributed by atoms with van der Waals surface area (Å²) in [6.45, 7) is 0. The predicted molar refractivity (Wildman–Crippen MR) is 92.4 cm³/mol. The highest BCUT2D eigenvalue weighted by Crippen LogP contribution is 2.31. The number of rotatable bonds is 3. The van der Waals surface area contributed by atoms with Gasteiger partial charge >= 0.3 is 0 Å². The number of thioether (sulfide) groups is 1. The number of hydrogen-bond acceptors (Lipinski definition) is 3. The van der Waals surface area contributed by atoms with E-state index in [2.05, 4.69) is 17.6 Å². The maximum absolute atomic E-state index is 12.2. The van der Waals surface area contributed by atoms with Crippen molar-refractivity contribution in [1.29, 1.82) is 0 Å². The molecule has 0 aliphatic heterocycles. The van der Waals surface area contributed by atoms with Gasteiger partial charge in [0.25, 0.3) is 5.56 Å². The molecule has 2 aromatic rings. The van der Waals surface area contributed by atoms with E-state index in [9.17, 15) is 4.79 Å².